The molecule has 1 aromatic rings. The van der Waals surface area contributed by atoms with E-state index in [0.717, 1.165) is 0 Å². The molecule has 3 amide bonds. The summed E-state index contributed by atoms with van der Waals surface area (Å²) in [5.41, 5.74) is -0.129. The third kappa shape index (κ3) is 7.21. The maximum absolute atomic E-state index is 12.7. The normalized spacial score (nSPS) is 15.9. The van der Waals surface area contributed by atoms with E-state index in [-0.39, 0.29) is 29.8 Å². The molecule has 1 aromatic carbocycles. The second-order valence-corrected chi connectivity index (χ2v) is 10.1. The third-order valence-corrected chi connectivity index (χ3v) is 5.99. The van der Waals surface area contributed by atoms with Crippen LogP contribution in [0.1, 0.15) is 34.6 Å². The first-order chi connectivity index (χ1) is 14.3. The minimum atomic E-state index is -3.93. The van der Waals surface area contributed by atoms with Crippen LogP contribution in [0.2, 0.25) is 0 Å². The summed E-state index contributed by atoms with van der Waals surface area (Å²) in [6.07, 6.45) is -0.434. The van der Waals surface area contributed by atoms with E-state index in [1.165, 1.54) is 47.9 Å². The Labute approximate surface area is 183 Å². The number of nitrogens with one attached hydrogen (secondary N) is 2. The molecular weight excluding hydrogens is 424 g/mol. The van der Waals surface area contributed by atoms with E-state index in [0.29, 0.717) is 18.8 Å². The van der Waals surface area contributed by atoms with Crippen LogP contribution in [-0.2, 0) is 24.3 Å². The Morgan fingerprint density at radius 1 is 1.00 bits per heavy atom. The van der Waals surface area contributed by atoms with Gasteiger partial charge in [0.15, 0.2) is 0 Å². The van der Waals surface area contributed by atoms with E-state index in [1.807, 2.05) is 0 Å². The van der Waals surface area contributed by atoms with Gasteiger partial charge in [-0.25, -0.2) is 13.2 Å². The molecule has 0 saturated carbocycles. The zero-order valence-corrected chi connectivity index (χ0v) is 19.3. The van der Waals surface area contributed by atoms with E-state index >= 15 is 0 Å². The van der Waals surface area contributed by atoms with Gasteiger partial charge in [-0.3, -0.25) is 9.59 Å². The topological polar surface area (TPSA) is 125 Å². The largest absolute Gasteiger partial charge is 0.444 e. The van der Waals surface area contributed by atoms with Crippen molar-refractivity contribution in [1.82, 2.24) is 14.5 Å². The smallest absolute Gasteiger partial charge is 0.410 e. The molecule has 10 nitrogen and oxygen atoms in total. The Hall–Kier alpha value is -2.66. The van der Waals surface area contributed by atoms with Gasteiger partial charge in [-0.2, -0.15) is 4.72 Å². The lowest BCUT2D eigenvalue weighted by atomic mass is 10.2. The Morgan fingerprint density at radius 3 is 2.00 bits per heavy atom. The summed E-state index contributed by atoms with van der Waals surface area (Å²) in [5, 5.41) is 2.56. The Bertz CT molecular complexity index is 916. The fraction of sp³-hybridized carbons (Fsp3) is 0.550. The number of carbonyl (C=O) groups excluding carboxylic acids is 3. The molecule has 0 aliphatic carbocycles. The van der Waals surface area contributed by atoms with Crippen LogP contribution < -0.4 is 10.0 Å². The minimum Gasteiger partial charge on any atom is -0.444 e. The lowest BCUT2D eigenvalue weighted by Gasteiger charge is -2.36. The highest BCUT2D eigenvalue weighted by atomic mass is 32.2. The SMILES string of the molecule is CC(=O)Nc1ccc(S(=O)(=O)N[C@@H](C)C(=O)N2CCN(C(=O)OC(C)(C)C)CC2)cc1. The molecule has 1 saturated heterocycles. The number of rotatable bonds is 5. The third-order valence-electron chi connectivity index (χ3n) is 4.43. The highest BCUT2D eigenvalue weighted by Gasteiger charge is 2.31. The summed E-state index contributed by atoms with van der Waals surface area (Å²) < 4.78 is 32.9. The molecule has 0 unspecified atom stereocenters. The summed E-state index contributed by atoms with van der Waals surface area (Å²) in [4.78, 5) is 38.9. The second kappa shape index (κ2) is 9.65. The molecule has 1 aliphatic rings. The van der Waals surface area contributed by atoms with E-state index < -0.39 is 27.8 Å². The van der Waals surface area contributed by atoms with Gasteiger partial charge in [-0.15, -0.1) is 0 Å². The van der Waals surface area contributed by atoms with E-state index in [4.69, 9.17) is 4.74 Å². The van der Waals surface area contributed by atoms with Crippen LogP contribution in [0.15, 0.2) is 29.2 Å². The highest BCUT2D eigenvalue weighted by molar-refractivity contribution is 7.89. The lowest BCUT2D eigenvalue weighted by Crippen LogP contribution is -2.55. The van der Waals surface area contributed by atoms with Crippen LogP contribution in [-0.4, -0.2) is 73.9 Å². The fourth-order valence-corrected chi connectivity index (χ4v) is 4.18. The molecule has 2 rings (SSSR count). The average molecular weight is 455 g/mol. The quantitative estimate of drug-likeness (QED) is 0.693. The van der Waals surface area contributed by atoms with Crippen molar-refractivity contribution in [3.05, 3.63) is 24.3 Å². The van der Waals surface area contributed by atoms with Gasteiger partial charge < -0.3 is 19.9 Å². The number of ether oxygens (including phenoxy) is 1. The number of hydrogen-bond acceptors (Lipinski definition) is 6. The van der Waals surface area contributed by atoms with Crippen LogP contribution in [0.4, 0.5) is 10.5 Å². The van der Waals surface area contributed by atoms with E-state index in [2.05, 4.69) is 10.0 Å². The highest BCUT2D eigenvalue weighted by Crippen LogP contribution is 2.16. The van der Waals surface area contributed by atoms with Crippen LogP contribution in [0, 0.1) is 0 Å². The van der Waals surface area contributed by atoms with Crippen molar-refractivity contribution in [3.8, 4) is 0 Å². The summed E-state index contributed by atoms with van der Waals surface area (Å²) in [6, 6.07) is 4.67. The van der Waals surface area contributed by atoms with Crippen molar-refractivity contribution in [1.29, 1.82) is 0 Å². The van der Waals surface area contributed by atoms with Crippen molar-refractivity contribution in [3.63, 3.8) is 0 Å². The molecule has 0 radical (unpaired) electrons. The van der Waals surface area contributed by atoms with Gasteiger partial charge in [0.25, 0.3) is 0 Å². The van der Waals surface area contributed by atoms with Gasteiger partial charge in [-0.1, -0.05) is 0 Å². The van der Waals surface area contributed by atoms with Crippen molar-refractivity contribution in [2.24, 2.45) is 0 Å². The molecule has 0 spiro atoms. The van der Waals surface area contributed by atoms with Crippen molar-refractivity contribution < 1.29 is 27.5 Å². The fourth-order valence-electron chi connectivity index (χ4n) is 2.98. The molecule has 2 N–H and O–H groups in total. The maximum atomic E-state index is 12.7. The van der Waals surface area contributed by atoms with Gasteiger partial charge in [0, 0.05) is 38.8 Å². The molecule has 172 valence electrons. The predicted molar refractivity (Wildman–Crippen MR) is 115 cm³/mol. The van der Waals surface area contributed by atoms with E-state index in [1.54, 1.807) is 20.8 Å². The number of sulfonamides is 1. The molecular formula is C20H30N4O6S. The zero-order valence-electron chi connectivity index (χ0n) is 18.5. The Morgan fingerprint density at radius 2 is 1.52 bits per heavy atom. The molecule has 1 heterocycles. The first-order valence-corrected chi connectivity index (χ1v) is 11.4. The Balaban J connectivity index is 1.93. The first kappa shape index (κ1) is 24.6. The number of nitrogens with zero attached hydrogens (tertiary/aromatic N) is 2. The number of benzene rings is 1. The van der Waals surface area contributed by atoms with Gasteiger partial charge in [-0.05, 0) is 52.0 Å². The summed E-state index contributed by atoms with van der Waals surface area (Å²) in [7, 11) is -3.93. The van der Waals surface area contributed by atoms with Crippen molar-refractivity contribution >= 4 is 33.6 Å². The molecule has 1 atom stereocenters. The number of carbonyl (C=O) groups is 3. The minimum absolute atomic E-state index is 0.0176. The van der Waals surface area contributed by atoms with Crippen molar-refractivity contribution in [2.75, 3.05) is 31.5 Å². The van der Waals surface area contributed by atoms with E-state index in [9.17, 15) is 22.8 Å². The van der Waals surface area contributed by atoms with Crippen LogP contribution in [0.25, 0.3) is 0 Å². The number of anilines is 1. The molecule has 11 heteroatoms. The molecule has 0 bridgehead atoms. The Kier molecular flexibility index (Phi) is 7.66. The summed E-state index contributed by atoms with van der Waals surface area (Å²) >= 11 is 0. The van der Waals surface area contributed by atoms with Crippen LogP contribution in [0.3, 0.4) is 0 Å². The summed E-state index contributed by atoms with van der Waals surface area (Å²) in [5.74, 6) is -0.637. The molecule has 1 aliphatic heterocycles. The van der Waals surface area contributed by atoms with Gasteiger partial charge in [0.1, 0.15) is 5.60 Å². The molecule has 1 fully saturated rings. The average Bonchev–Trinajstić information content (AvgIpc) is 2.65. The lowest BCUT2D eigenvalue weighted by molar-refractivity contribution is -0.134. The van der Waals surface area contributed by atoms with Crippen molar-refractivity contribution in [2.45, 2.75) is 51.2 Å². The second-order valence-electron chi connectivity index (χ2n) is 8.34. The van der Waals surface area contributed by atoms with Crippen LogP contribution >= 0.6 is 0 Å². The number of amides is 3. The van der Waals surface area contributed by atoms with Gasteiger partial charge >= 0.3 is 6.09 Å². The number of piperazine rings is 1. The molecule has 0 aromatic heterocycles. The maximum Gasteiger partial charge on any atom is 0.410 e. The standard InChI is InChI=1S/C20H30N4O6S/c1-14(22-31(28,29)17-8-6-16(7-9-17)21-15(2)25)18(26)23-10-12-24(13-11-23)19(27)30-20(3,4)5/h6-9,14,22H,10-13H2,1-5H3,(H,21,25)/t14-/m0/s1. The van der Waals surface area contributed by atoms with Gasteiger partial charge in [0.2, 0.25) is 21.8 Å². The summed E-state index contributed by atoms with van der Waals surface area (Å²) in [6.45, 7) is 9.38. The molecule has 31 heavy (non-hydrogen) atoms. The zero-order chi connectivity index (χ0) is 23.4. The van der Waals surface area contributed by atoms with Gasteiger partial charge in [0.05, 0.1) is 10.9 Å². The van der Waals surface area contributed by atoms with Crippen LogP contribution in [0.5, 0.6) is 0 Å². The predicted octanol–water partition coefficient (Wildman–Crippen LogP) is 1.39. The monoisotopic (exact) mass is 454 g/mol. The first-order valence-electron chi connectivity index (χ1n) is 9.95. The number of hydrogen-bond donors (Lipinski definition) is 2.